The molecule has 0 fully saturated rings. The first kappa shape index (κ1) is 12.9. The van der Waals surface area contributed by atoms with Gasteiger partial charge in [0.25, 0.3) is 0 Å². The van der Waals surface area contributed by atoms with Gasteiger partial charge >= 0.3 is 0 Å². The zero-order chi connectivity index (χ0) is 12.1. The first-order valence-corrected chi connectivity index (χ1v) is 5.75. The Morgan fingerprint density at radius 1 is 1.25 bits per heavy atom. The standard InChI is InChI=1S/C14H20O2/c1-10(2)9-13(11(3)15)14(16)12-7-5-4-6-8-12/h4-8,10,13-14,16H,9H2,1-3H3/t13-,14-/m0/s1. The van der Waals surface area contributed by atoms with Gasteiger partial charge in [-0.05, 0) is 24.8 Å². The van der Waals surface area contributed by atoms with Crippen molar-refractivity contribution in [3.05, 3.63) is 35.9 Å². The molecule has 0 aliphatic rings. The molecule has 0 amide bonds. The second-order valence-corrected chi connectivity index (χ2v) is 4.70. The number of benzene rings is 1. The normalized spacial score (nSPS) is 14.8. The zero-order valence-corrected chi connectivity index (χ0v) is 10.2. The van der Waals surface area contributed by atoms with E-state index in [0.29, 0.717) is 5.92 Å². The van der Waals surface area contributed by atoms with Crippen LogP contribution < -0.4 is 0 Å². The maximum absolute atomic E-state index is 11.5. The van der Waals surface area contributed by atoms with E-state index in [4.69, 9.17) is 0 Å². The molecule has 0 aromatic heterocycles. The third-order valence-corrected chi connectivity index (χ3v) is 2.77. The van der Waals surface area contributed by atoms with Gasteiger partial charge in [-0.25, -0.2) is 0 Å². The average molecular weight is 220 g/mol. The van der Waals surface area contributed by atoms with Gasteiger partial charge in [-0.1, -0.05) is 44.2 Å². The van der Waals surface area contributed by atoms with Crippen LogP contribution in [0.25, 0.3) is 0 Å². The van der Waals surface area contributed by atoms with Crippen LogP contribution in [0.2, 0.25) is 0 Å². The highest BCUT2D eigenvalue weighted by Crippen LogP contribution is 2.27. The lowest BCUT2D eigenvalue weighted by atomic mass is 9.86. The van der Waals surface area contributed by atoms with Gasteiger partial charge in [-0.15, -0.1) is 0 Å². The lowest BCUT2D eigenvalue weighted by Gasteiger charge is -2.22. The fraction of sp³-hybridized carbons (Fsp3) is 0.500. The Hall–Kier alpha value is -1.15. The van der Waals surface area contributed by atoms with Gasteiger partial charge < -0.3 is 5.11 Å². The molecule has 0 bridgehead atoms. The highest BCUT2D eigenvalue weighted by molar-refractivity contribution is 5.79. The summed E-state index contributed by atoms with van der Waals surface area (Å²) < 4.78 is 0. The third-order valence-electron chi connectivity index (χ3n) is 2.77. The van der Waals surface area contributed by atoms with Crippen molar-refractivity contribution < 1.29 is 9.90 Å². The van der Waals surface area contributed by atoms with Crippen molar-refractivity contribution in [2.75, 3.05) is 0 Å². The Labute approximate surface area is 97.3 Å². The zero-order valence-electron chi connectivity index (χ0n) is 10.2. The molecule has 0 unspecified atom stereocenters. The number of hydrogen-bond acceptors (Lipinski definition) is 2. The maximum Gasteiger partial charge on any atom is 0.135 e. The Morgan fingerprint density at radius 2 is 1.81 bits per heavy atom. The molecule has 0 spiro atoms. The first-order valence-electron chi connectivity index (χ1n) is 5.75. The molecular formula is C14H20O2. The SMILES string of the molecule is CC(=O)[C@H](CC(C)C)[C@@H](O)c1ccccc1. The van der Waals surface area contributed by atoms with Gasteiger partial charge in [-0.2, -0.15) is 0 Å². The Bertz CT molecular complexity index is 330. The molecule has 0 radical (unpaired) electrons. The molecule has 0 heterocycles. The van der Waals surface area contributed by atoms with E-state index in [-0.39, 0.29) is 11.7 Å². The summed E-state index contributed by atoms with van der Waals surface area (Å²) in [5.41, 5.74) is 0.823. The van der Waals surface area contributed by atoms with Crippen molar-refractivity contribution in [3.8, 4) is 0 Å². The quantitative estimate of drug-likeness (QED) is 0.828. The van der Waals surface area contributed by atoms with E-state index in [1.54, 1.807) is 6.92 Å². The highest BCUT2D eigenvalue weighted by atomic mass is 16.3. The second kappa shape index (κ2) is 5.80. The van der Waals surface area contributed by atoms with Gasteiger partial charge in [0.05, 0.1) is 6.10 Å². The summed E-state index contributed by atoms with van der Waals surface area (Å²) in [6, 6.07) is 9.39. The van der Waals surface area contributed by atoms with Crippen molar-refractivity contribution in [2.45, 2.75) is 33.3 Å². The van der Waals surface area contributed by atoms with Crippen LogP contribution in [0.15, 0.2) is 30.3 Å². The van der Waals surface area contributed by atoms with Crippen LogP contribution in [0.3, 0.4) is 0 Å². The largest absolute Gasteiger partial charge is 0.388 e. The van der Waals surface area contributed by atoms with Gasteiger partial charge in [0, 0.05) is 5.92 Å². The predicted molar refractivity (Wildman–Crippen MR) is 65.0 cm³/mol. The summed E-state index contributed by atoms with van der Waals surface area (Å²) in [4.78, 5) is 11.5. The van der Waals surface area contributed by atoms with Crippen molar-refractivity contribution >= 4 is 5.78 Å². The first-order chi connectivity index (χ1) is 7.52. The van der Waals surface area contributed by atoms with Crippen LogP contribution in [0, 0.1) is 11.8 Å². The summed E-state index contributed by atoms with van der Waals surface area (Å²) in [7, 11) is 0. The number of carbonyl (C=O) groups is 1. The fourth-order valence-corrected chi connectivity index (χ4v) is 1.91. The number of hydrogen-bond donors (Lipinski definition) is 1. The molecular weight excluding hydrogens is 200 g/mol. The molecule has 1 aromatic carbocycles. The fourth-order valence-electron chi connectivity index (χ4n) is 1.91. The monoisotopic (exact) mass is 220 g/mol. The van der Waals surface area contributed by atoms with E-state index in [1.165, 1.54) is 0 Å². The molecule has 16 heavy (non-hydrogen) atoms. The Kier molecular flexibility index (Phi) is 4.69. The van der Waals surface area contributed by atoms with E-state index < -0.39 is 6.10 Å². The summed E-state index contributed by atoms with van der Waals surface area (Å²) in [5, 5.41) is 10.2. The van der Waals surface area contributed by atoms with E-state index in [0.717, 1.165) is 12.0 Å². The molecule has 1 rings (SSSR count). The topological polar surface area (TPSA) is 37.3 Å². The third kappa shape index (κ3) is 3.46. The minimum atomic E-state index is -0.680. The minimum absolute atomic E-state index is 0.0602. The van der Waals surface area contributed by atoms with Gasteiger partial charge in [0.1, 0.15) is 5.78 Å². The number of carbonyl (C=O) groups excluding carboxylic acids is 1. The summed E-state index contributed by atoms with van der Waals surface area (Å²) in [6.45, 7) is 5.68. The highest BCUT2D eigenvalue weighted by Gasteiger charge is 2.25. The molecule has 1 aromatic rings. The van der Waals surface area contributed by atoms with Crippen LogP contribution >= 0.6 is 0 Å². The van der Waals surface area contributed by atoms with Crippen LogP contribution in [0.1, 0.15) is 38.9 Å². The van der Waals surface area contributed by atoms with Gasteiger partial charge in [0.15, 0.2) is 0 Å². The summed E-state index contributed by atoms with van der Waals surface area (Å²) in [5.74, 6) is 0.180. The Balaban J connectivity index is 2.83. The molecule has 2 heteroatoms. The van der Waals surface area contributed by atoms with Crippen LogP contribution in [-0.2, 0) is 4.79 Å². The summed E-state index contributed by atoms with van der Waals surface area (Å²) >= 11 is 0. The van der Waals surface area contributed by atoms with Gasteiger partial charge in [0.2, 0.25) is 0 Å². The molecule has 2 nitrogen and oxygen atoms in total. The lowest BCUT2D eigenvalue weighted by Crippen LogP contribution is -2.22. The maximum atomic E-state index is 11.5. The van der Waals surface area contributed by atoms with E-state index >= 15 is 0 Å². The number of rotatable bonds is 5. The van der Waals surface area contributed by atoms with Crippen LogP contribution in [-0.4, -0.2) is 10.9 Å². The van der Waals surface area contributed by atoms with Crippen LogP contribution in [0.5, 0.6) is 0 Å². The van der Waals surface area contributed by atoms with Gasteiger partial charge in [-0.3, -0.25) is 4.79 Å². The molecule has 1 N–H and O–H groups in total. The lowest BCUT2D eigenvalue weighted by molar-refractivity contribution is -0.125. The average Bonchev–Trinajstić information content (AvgIpc) is 2.25. The molecule has 0 saturated carbocycles. The predicted octanol–water partition coefficient (Wildman–Crippen LogP) is 2.97. The number of ketones is 1. The van der Waals surface area contributed by atoms with E-state index in [2.05, 4.69) is 13.8 Å². The van der Waals surface area contributed by atoms with E-state index in [9.17, 15) is 9.90 Å². The second-order valence-electron chi connectivity index (χ2n) is 4.70. The van der Waals surface area contributed by atoms with Crippen molar-refractivity contribution in [1.29, 1.82) is 0 Å². The molecule has 0 aliphatic heterocycles. The number of Topliss-reactive ketones (excluding diaryl/α,β-unsaturated/α-hetero) is 1. The minimum Gasteiger partial charge on any atom is -0.388 e. The van der Waals surface area contributed by atoms with E-state index in [1.807, 2.05) is 30.3 Å². The van der Waals surface area contributed by atoms with Crippen molar-refractivity contribution in [1.82, 2.24) is 0 Å². The Morgan fingerprint density at radius 3 is 2.25 bits per heavy atom. The van der Waals surface area contributed by atoms with Crippen LogP contribution in [0.4, 0.5) is 0 Å². The molecule has 88 valence electrons. The van der Waals surface area contributed by atoms with Crippen molar-refractivity contribution in [3.63, 3.8) is 0 Å². The smallest absolute Gasteiger partial charge is 0.135 e. The summed E-state index contributed by atoms with van der Waals surface area (Å²) in [6.07, 6.45) is 0.0480. The van der Waals surface area contributed by atoms with Crippen molar-refractivity contribution in [2.24, 2.45) is 11.8 Å². The number of aliphatic hydroxyl groups excluding tert-OH is 1. The number of aliphatic hydroxyl groups is 1. The molecule has 2 atom stereocenters. The molecule has 0 saturated heterocycles. The molecule has 0 aliphatic carbocycles.